The second-order valence-corrected chi connectivity index (χ2v) is 5.58. The molecule has 1 aliphatic rings. The van der Waals surface area contributed by atoms with E-state index in [1.54, 1.807) is 0 Å². The zero-order valence-corrected chi connectivity index (χ0v) is 11.1. The third-order valence-electron chi connectivity index (χ3n) is 4.29. The molecule has 0 amide bonds. The van der Waals surface area contributed by atoms with Gasteiger partial charge in [-0.05, 0) is 43.6 Å². The lowest BCUT2D eigenvalue weighted by Gasteiger charge is -2.35. The van der Waals surface area contributed by atoms with E-state index in [-0.39, 0.29) is 6.04 Å². The zero-order valence-electron chi connectivity index (χ0n) is 11.1. The molecular formula is C14H23N3. The van der Waals surface area contributed by atoms with E-state index in [0.29, 0.717) is 5.92 Å². The van der Waals surface area contributed by atoms with E-state index < -0.39 is 0 Å². The Hall–Kier alpha value is -0.960. The molecule has 0 radical (unpaired) electrons. The van der Waals surface area contributed by atoms with Crippen molar-refractivity contribution in [2.24, 2.45) is 23.5 Å². The molecule has 0 bridgehead atoms. The zero-order chi connectivity index (χ0) is 12.4. The molecule has 1 aromatic rings. The van der Waals surface area contributed by atoms with Crippen LogP contribution in [0.5, 0.6) is 0 Å². The van der Waals surface area contributed by atoms with Crippen molar-refractivity contribution in [2.45, 2.75) is 46.1 Å². The molecule has 0 saturated heterocycles. The summed E-state index contributed by atoms with van der Waals surface area (Å²) >= 11 is 0. The Kier molecular flexibility index (Phi) is 3.77. The summed E-state index contributed by atoms with van der Waals surface area (Å²) in [6, 6.07) is 2.03. The van der Waals surface area contributed by atoms with Crippen LogP contribution in [0.3, 0.4) is 0 Å². The lowest BCUT2D eigenvalue weighted by atomic mass is 9.73. The molecule has 17 heavy (non-hydrogen) atoms. The van der Waals surface area contributed by atoms with Gasteiger partial charge in [0.05, 0.1) is 5.69 Å². The summed E-state index contributed by atoms with van der Waals surface area (Å²) in [5, 5.41) is 0. The first-order chi connectivity index (χ1) is 8.08. The molecule has 4 unspecified atom stereocenters. The molecule has 1 fully saturated rings. The number of rotatable bonds is 2. The number of aryl methyl sites for hydroxylation is 1. The van der Waals surface area contributed by atoms with Crippen LogP contribution in [0.4, 0.5) is 0 Å². The van der Waals surface area contributed by atoms with E-state index in [4.69, 9.17) is 5.73 Å². The van der Waals surface area contributed by atoms with Crippen molar-refractivity contribution in [2.75, 3.05) is 0 Å². The van der Waals surface area contributed by atoms with Crippen LogP contribution in [0.25, 0.3) is 0 Å². The van der Waals surface area contributed by atoms with Crippen molar-refractivity contribution >= 4 is 0 Å². The van der Waals surface area contributed by atoms with Gasteiger partial charge >= 0.3 is 0 Å². The van der Waals surface area contributed by atoms with Crippen molar-refractivity contribution in [3.8, 4) is 0 Å². The first-order valence-corrected chi connectivity index (χ1v) is 6.63. The molecule has 1 saturated carbocycles. The third-order valence-corrected chi connectivity index (χ3v) is 4.29. The van der Waals surface area contributed by atoms with Gasteiger partial charge in [0.2, 0.25) is 0 Å². The Morgan fingerprint density at radius 1 is 1.29 bits per heavy atom. The predicted molar refractivity (Wildman–Crippen MR) is 69.4 cm³/mol. The van der Waals surface area contributed by atoms with Crippen LogP contribution in [-0.4, -0.2) is 9.97 Å². The topological polar surface area (TPSA) is 51.8 Å². The van der Waals surface area contributed by atoms with Crippen molar-refractivity contribution in [3.63, 3.8) is 0 Å². The van der Waals surface area contributed by atoms with E-state index >= 15 is 0 Å². The van der Waals surface area contributed by atoms with Crippen molar-refractivity contribution in [3.05, 3.63) is 23.8 Å². The average Bonchev–Trinajstić information content (AvgIpc) is 2.32. The average molecular weight is 233 g/mol. The highest BCUT2D eigenvalue weighted by molar-refractivity contribution is 5.08. The first-order valence-electron chi connectivity index (χ1n) is 6.63. The van der Waals surface area contributed by atoms with Crippen LogP contribution >= 0.6 is 0 Å². The normalized spacial score (nSPS) is 31.2. The maximum Gasteiger partial charge on any atom is 0.125 e. The van der Waals surface area contributed by atoms with Crippen LogP contribution < -0.4 is 5.73 Å². The molecule has 3 heteroatoms. The fourth-order valence-electron chi connectivity index (χ4n) is 2.82. The van der Waals surface area contributed by atoms with Crippen LogP contribution in [-0.2, 0) is 0 Å². The Labute approximate surface area is 104 Å². The second-order valence-electron chi connectivity index (χ2n) is 5.58. The van der Waals surface area contributed by atoms with E-state index in [1.165, 1.54) is 19.3 Å². The minimum Gasteiger partial charge on any atom is -0.322 e. The van der Waals surface area contributed by atoms with Crippen LogP contribution in [0.2, 0.25) is 0 Å². The highest BCUT2D eigenvalue weighted by Crippen LogP contribution is 2.38. The minimum atomic E-state index is 0.0756. The fraction of sp³-hybridized carbons (Fsp3) is 0.714. The fourth-order valence-corrected chi connectivity index (χ4v) is 2.82. The van der Waals surface area contributed by atoms with Gasteiger partial charge in [0.15, 0.2) is 0 Å². The summed E-state index contributed by atoms with van der Waals surface area (Å²) in [7, 11) is 0. The van der Waals surface area contributed by atoms with Crippen LogP contribution in [0.15, 0.2) is 12.3 Å². The number of nitrogens with zero attached hydrogens (tertiary/aromatic N) is 2. The molecule has 4 atom stereocenters. The van der Waals surface area contributed by atoms with E-state index in [0.717, 1.165) is 23.4 Å². The molecule has 0 aromatic carbocycles. The van der Waals surface area contributed by atoms with Gasteiger partial charge in [0, 0.05) is 12.2 Å². The van der Waals surface area contributed by atoms with Gasteiger partial charge in [0.25, 0.3) is 0 Å². The summed E-state index contributed by atoms with van der Waals surface area (Å²) in [6.45, 7) is 6.61. The Bertz CT molecular complexity index is 377. The molecule has 1 heterocycles. The van der Waals surface area contributed by atoms with Gasteiger partial charge in [-0.15, -0.1) is 0 Å². The number of aromatic nitrogens is 2. The van der Waals surface area contributed by atoms with E-state index in [1.807, 2.05) is 19.2 Å². The predicted octanol–water partition coefficient (Wildman–Crippen LogP) is 2.86. The van der Waals surface area contributed by atoms with Gasteiger partial charge in [-0.2, -0.15) is 0 Å². The minimum absolute atomic E-state index is 0.0756. The van der Waals surface area contributed by atoms with Gasteiger partial charge in [-0.1, -0.05) is 20.3 Å². The van der Waals surface area contributed by atoms with E-state index in [2.05, 4.69) is 23.8 Å². The number of nitrogens with two attached hydrogens (primary N) is 1. The molecule has 2 N–H and O–H groups in total. The third kappa shape index (κ3) is 2.83. The molecule has 0 aliphatic heterocycles. The first kappa shape index (κ1) is 12.5. The lowest BCUT2D eigenvalue weighted by molar-refractivity contribution is 0.184. The molecule has 1 aromatic heterocycles. The number of hydrogen-bond donors (Lipinski definition) is 1. The molecule has 1 aliphatic carbocycles. The monoisotopic (exact) mass is 233 g/mol. The molecule has 2 rings (SSSR count). The van der Waals surface area contributed by atoms with Gasteiger partial charge < -0.3 is 5.73 Å². The maximum atomic E-state index is 6.36. The summed E-state index contributed by atoms with van der Waals surface area (Å²) in [5.74, 6) is 3.01. The van der Waals surface area contributed by atoms with Crippen molar-refractivity contribution in [1.29, 1.82) is 0 Å². The highest BCUT2D eigenvalue weighted by Gasteiger charge is 2.29. The maximum absolute atomic E-state index is 6.36. The molecule has 0 spiro atoms. The number of hydrogen-bond acceptors (Lipinski definition) is 3. The Morgan fingerprint density at radius 2 is 2.06 bits per heavy atom. The van der Waals surface area contributed by atoms with Crippen molar-refractivity contribution < 1.29 is 0 Å². The standard InChI is InChI=1S/C14H23N3/c1-9-4-5-12(8-10(9)2)14(15)13-6-7-16-11(3)17-13/h6-7,9-10,12,14H,4-5,8,15H2,1-3H3. The summed E-state index contributed by atoms with van der Waals surface area (Å²) in [5.41, 5.74) is 7.36. The second kappa shape index (κ2) is 5.13. The Balaban J connectivity index is 2.07. The lowest BCUT2D eigenvalue weighted by Crippen LogP contribution is -2.30. The molecule has 94 valence electrons. The summed E-state index contributed by atoms with van der Waals surface area (Å²) < 4.78 is 0. The largest absolute Gasteiger partial charge is 0.322 e. The highest BCUT2D eigenvalue weighted by atomic mass is 14.9. The van der Waals surface area contributed by atoms with Gasteiger partial charge in [0.1, 0.15) is 5.82 Å². The van der Waals surface area contributed by atoms with E-state index in [9.17, 15) is 0 Å². The summed E-state index contributed by atoms with van der Waals surface area (Å²) in [6.07, 6.45) is 5.57. The smallest absolute Gasteiger partial charge is 0.125 e. The quantitative estimate of drug-likeness (QED) is 0.854. The SMILES string of the molecule is Cc1nccc(C(N)C2CCC(C)C(C)C2)n1. The van der Waals surface area contributed by atoms with Crippen LogP contribution in [0, 0.1) is 24.7 Å². The molecular weight excluding hydrogens is 210 g/mol. The van der Waals surface area contributed by atoms with Gasteiger partial charge in [-0.3, -0.25) is 0 Å². The van der Waals surface area contributed by atoms with Gasteiger partial charge in [-0.25, -0.2) is 9.97 Å². The van der Waals surface area contributed by atoms with Crippen LogP contribution in [0.1, 0.15) is 50.7 Å². The molecule has 3 nitrogen and oxygen atoms in total. The summed E-state index contributed by atoms with van der Waals surface area (Å²) in [4.78, 5) is 8.58. The Morgan fingerprint density at radius 3 is 2.71 bits per heavy atom. The van der Waals surface area contributed by atoms with Crippen molar-refractivity contribution in [1.82, 2.24) is 9.97 Å².